The minimum atomic E-state index is -0.424. The van der Waals surface area contributed by atoms with Crippen LogP contribution in [0.25, 0.3) is 5.69 Å². The monoisotopic (exact) mass is 514 g/mol. The van der Waals surface area contributed by atoms with Crippen molar-refractivity contribution in [2.75, 3.05) is 24.8 Å². The van der Waals surface area contributed by atoms with E-state index in [0.29, 0.717) is 28.8 Å². The molecule has 0 atom stereocenters. The van der Waals surface area contributed by atoms with Gasteiger partial charge < -0.3 is 20.1 Å². The van der Waals surface area contributed by atoms with Gasteiger partial charge in [0.15, 0.2) is 0 Å². The van der Waals surface area contributed by atoms with Gasteiger partial charge in [0.05, 0.1) is 18.5 Å². The molecule has 10 nitrogen and oxygen atoms in total. The van der Waals surface area contributed by atoms with E-state index in [0.717, 1.165) is 11.4 Å². The third-order valence-corrected chi connectivity index (χ3v) is 5.56. The number of hydrogen-bond donors (Lipinski definition) is 3. The Morgan fingerprint density at radius 3 is 2.34 bits per heavy atom. The van der Waals surface area contributed by atoms with E-state index in [2.05, 4.69) is 41.7 Å². The van der Waals surface area contributed by atoms with Crippen molar-refractivity contribution in [3.63, 3.8) is 0 Å². The van der Waals surface area contributed by atoms with Crippen LogP contribution in [0.5, 0.6) is 17.2 Å². The number of rotatable bonds is 7. The summed E-state index contributed by atoms with van der Waals surface area (Å²) in [5.41, 5.74) is 2.19. The van der Waals surface area contributed by atoms with Crippen molar-refractivity contribution in [1.29, 1.82) is 0 Å². The zero-order chi connectivity index (χ0) is 27.3. The molecule has 3 N–H and O–H groups in total. The van der Waals surface area contributed by atoms with Crippen LogP contribution in [-0.4, -0.2) is 40.9 Å². The molecule has 0 aliphatic carbocycles. The van der Waals surface area contributed by atoms with Gasteiger partial charge in [-0.25, -0.2) is 9.48 Å². The van der Waals surface area contributed by atoms with Gasteiger partial charge in [-0.2, -0.15) is 5.10 Å². The van der Waals surface area contributed by atoms with Crippen molar-refractivity contribution >= 4 is 23.4 Å². The Morgan fingerprint density at radius 2 is 1.66 bits per heavy atom. The summed E-state index contributed by atoms with van der Waals surface area (Å²) in [4.78, 5) is 28.7. The van der Waals surface area contributed by atoms with E-state index in [-0.39, 0.29) is 17.0 Å². The molecule has 0 saturated heterocycles. The van der Waals surface area contributed by atoms with Crippen LogP contribution >= 0.6 is 0 Å². The maximum absolute atomic E-state index is 12.9. The van der Waals surface area contributed by atoms with Crippen molar-refractivity contribution in [2.45, 2.75) is 26.2 Å². The number of hydrogen-bond acceptors (Lipinski definition) is 6. The predicted octanol–water partition coefficient (Wildman–Crippen LogP) is 5.37. The minimum Gasteiger partial charge on any atom is -0.497 e. The Bertz CT molecular complexity index is 1440. The number of amides is 3. The maximum Gasteiger partial charge on any atom is 0.324 e. The van der Waals surface area contributed by atoms with Gasteiger partial charge in [0, 0.05) is 42.5 Å². The maximum atomic E-state index is 12.9. The molecule has 2 heterocycles. The third kappa shape index (κ3) is 6.28. The summed E-state index contributed by atoms with van der Waals surface area (Å²) >= 11 is 0. The third-order valence-electron chi connectivity index (χ3n) is 5.56. The molecule has 0 fully saturated rings. The van der Waals surface area contributed by atoms with Crippen molar-refractivity contribution in [3.8, 4) is 22.9 Å². The smallest absolute Gasteiger partial charge is 0.324 e. The fourth-order valence-electron chi connectivity index (χ4n) is 3.52. The number of benzene rings is 2. The number of methoxy groups -OCH3 is 1. The van der Waals surface area contributed by atoms with E-state index in [1.807, 2.05) is 30.3 Å². The number of nitrogens with one attached hydrogen (secondary N) is 3. The second-order valence-corrected chi connectivity index (χ2v) is 9.44. The van der Waals surface area contributed by atoms with E-state index in [4.69, 9.17) is 14.6 Å². The second-order valence-electron chi connectivity index (χ2n) is 9.44. The molecular weight excluding hydrogens is 484 g/mol. The Labute approximate surface area is 221 Å². The number of nitrogens with zero attached hydrogens (tertiary/aromatic N) is 3. The number of carbonyl (C=O) groups excluding carboxylic acids is 2. The van der Waals surface area contributed by atoms with E-state index < -0.39 is 6.03 Å². The van der Waals surface area contributed by atoms with Crippen molar-refractivity contribution < 1.29 is 19.1 Å². The molecule has 0 aliphatic rings. The summed E-state index contributed by atoms with van der Waals surface area (Å²) in [5.74, 6) is 1.91. The van der Waals surface area contributed by atoms with Crippen LogP contribution in [0.15, 0.2) is 72.9 Å². The molecule has 0 spiro atoms. The Kier molecular flexibility index (Phi) is 7.61. The van der Waals surface area contributed by atoms with Gasteiger partial charge in [-0.05, 0) is 42.5 Å². The van der Waals surface area contributed by atoms with Crippen LogP contribution in [0.4, 0.5) is 16.3 Å². The Balaban J connectivity index is 1.47. The van der Waals surface area contributed by atoms with Gasteiger partial charge in [0.2, 0.25) is 0 Å². The lowest BCUT2D eigenvalue weighted by Crippen LogP contribution is -2.21. The topological polar surface area (TPSA) is 119 Å². The van der Waals surface area contributed by atoms with Crippen molar-refractivity contribution in [3.05, 3.63) is 84.3 Å². The molecule has 2 aromatic carbocycles. The highest BCUT2D eigenvalue weighted by atomic mass is 16.5. The van der Waals surface area contributed by atoms with Crippen LogP contribution in [0.1, 0.15) is 37.0 Å². The first-order valence-electron chi connectivity index (χ1n) is 12.0. The molecule has 196 valence electrons. The summed E-state index contributed by atoms with van der Waals surface area (Å²) in [7, 11) is 3.14. The van der Waals surface area contributed by atoms with Crippen molar-refractivity contribution in [2.24, 2.45) is 0 Å². The molecule has 4 rings (SSSR count). The molecule has 0 unspecified atom stereocenters. The van der Waals surface area contributed by atoms with E-state index in [1.165, 1.54) is 13.2 Å². The largest absolute Gasteiger partial charge is 0.497 e. The Hall–Kier alpha value is -4.86. The molecule has 0 saturated carbocycles. The average molecular weight is 515 g/mol. The first-order valence-corrected chi connectivity index (χ1v) is 12.0. The summed E-state index contributed by atoms with van der Waals surface area (Å²) in [5, 5.41) is 13.0. The van der Waals surface area contributed by atoms with E-state index >= 15 is 0 Å². The molecule has 0 bridgehead atoms. The number of ether oxygens (including phenoxy) is 2. The van der Waals surface area contributed by atoms with Gasteiger partial charge >= 0.3 is 6.03 Å². The first kappa shape index (κ1) is 26.2. The Morgan fingerprint density at radius 1 is 0.895 bits per heavy atom. The lowest BCUT2D eigenvalue weighted by molar-refractivity contribution is 0.0957. The van der Waals surface area contributed by atoms with E-state index in [9.17, 15) is 9.59 Å². The standard InChI is InChI=1S/C28H30N6O4/c1-28(2,3)24-17-25(34(33-24)19-7-6-8-21(15-19)37-5)32-27(36)31-18-9-11-20(12-10-18)38-22-13-14-30-23(16-22)26(35)29-4/h6-17H,1-5H3,(H,29,35)(H2,31,32,36). The molecule has 2 aromatic heterocycles. The number of anilines is 2. The molecule has 0 aliphatic heterocycles. The zero-order valence-corrected chi connectivity index (χ0v) is 21.9. The summed E-state index contributed by atoms with van der Waals surface area (Å²) in [6, 6.07) is 19.0. The van der Waals surface area contributed by atoms with Crippen molar-refractivity contribution in [1.82, 2.24) is 20.1 Å². The van der Waals surface area contributed by atoms with Crippen LogP contribution < -0.4 is 25.4 Å². The van der Waals surface area contributed by atoms with Crippen LogP contribution in [-0.2, 0) is 5.41 Å². The predicted molar refractivity (Wildman–Crippen MR) is 146 cm³/mol. The molecule has 38 heavy (non-hydrogen) atoms. The summed E-state index contributed by atoms with van der Waals surface area (Å²) in [6.45, 7) is 6.18. The molecular formula is C28H30N6O4. The van der Waals surface area contributed by atoms with Crippen LogP contribution in [0.2, 0.25) is 0 Å². The lowest BCUT2D eigenvalue weighted by atomic mass is 9.92. The number of aromatic nitrogens is 3. The SMILES string of the molecule is CNC(=O)c1cc(Oc2ccc(NC(=O)Nc3cc(C(C)(C)C)nn3-c3cccc(OC)c3)cc2)ccn1. The molecule has 4 aromatic rings. The normalized spacial score (nSPS) is 11.0. The molecule has 10 heteroatoms. The minimum absolute atomic E-state index is 0.219. The van der Waals surface area contributed by atoms with Crippen LogP contribution in [0, 0.1) is 0 Å². The van der Waals surface area contributed by atoms with Gasteiger partial charge in [-0.3, -0.25) is 15.1 Å². The highest BCUT2D eigenvalue weighted by Crippen LogP contribution is 2.28. The molecule has 0 radical (unpaired) electrons. The number of pyridine rings is 1. The second kappa shape index (κ2) is 11.0. The summed E-state index contributed by atoms with van der Waals surface area (Å²) in [6.07, 6.45) is 1.50. The number of urea groups is 1. The number of carbonyl (C=O) groups is 2. The fourth-order valence-corrected chi connectivity index (χ4v) is 3.52. The highest BCUT2D eigenvalue weighted by Gasteiger charge is 2.22. The first-order chi connectivity index (χ1) is 18.2. The average Bonchev–Trinajstić information content (AvgIpc) is 3.34. The van der Waals surface area contributed by atoms with Gasteiger partial charge in [-0.15, -0.1) is 0 Å². The quantitative estimate of drug-likeness (QED) is 0.305. The van der Waals surface area contributed by atoms with Gasteiger partial charge in [0.25, 0.3) is 5.91 Å². The van der Waals surface area contributed by atoms with Gasteiger partial charge in [-0.1, -0.05) is 26.8 Å². The highest BCUT2D eigenvalue weighted by molar-refractivity contribution is 5.99. The molecule has 3 amide bonds. The van der Waals surface area contributed by atoms with E-state index in [1.54, 1.807) is 48.2 Å². The van der Waals surface area contributed by atoms with Crippen LogP contribution in [0.3, 0.4) is 0 Å². The zero-order valence-electron chi connectivity index (χ0n) is 21.9. The van der Waals surface area contributed by atoms with Gasteiger partial charge in [0.1, 0.15) is 28.8 Å². The summed E-state index contributed by atoms with van der Waals surface area (Å²) < 4.78 is 12.8. The lowest BCUT2D eigenvalue weighted by Gasteiger charge is -2.14. The fraction of sp³-hybridized carbons (Fsp3) is 0.214.